The summed E-state index contributed by atoms with van der Waals surface area (Å²) in [7, 11) is 0.515. The Bertz CT molecular complexity index is 95.1. The molecule has 0 aromatic rings. The standard InChI is InChI=1S/C2H3B2N3/c5-1-3-7-4-2-6/h3-4,7H. The smallest absolute Gasteiger partial charge is 0.317 e. The van der Waals surface area contributed by atoms with Crippen LogP contribution in [0.1, 0.15) is 0 Å². The summed E-state index contributed by atoms with van der Waals surface area (Å²) in [6.45, 7) is 0. The summed E-state index contributed by atoms with van der Waals surface area (Å²) in [5.74, 6) is 3.68. The van der Waals surface area contributed by atoms with Crippen LogP contribution in [0.25, 0.3) is 0 Å². The molecule has 0 fully saturated rings. The number of hydrogen-bond donors (Lipinski definition) is 1. The fraction of sp³-hybridized carbons (Fsp3) is 0. The molecule has 1 N–H and O–H groups in total. The van der Waals surface area contributed by atoms with Crippen molar-refractivity contribution in [2.75, 3.05) is 0 Å². The Morgan fingerprint density at radius 2 is 1.57 bits per heavy atom. The summed E-state index contributed by atoms with van der Waals surface area (Å²) in [5, 5.41) is 18.3. The second kappa shape index (κ2) is 5.07. The number of hydrogen-bond acceptors (Lipinski definition) is 3. The topological polar surface area (TPSA) is 59.6 Å². The van der Waals surface area contributed by atoms with Gasteiger partial charge in [-0.2, -0.15) is 0 Å². The number of nitrogens with one attached hydrogen (secondary N) is 1. The Morgan fingerprint density at radius 3 is 1.86 bits per heavy atom. The molecule has 0 bridgehead atoms. The predicted octanol–water partition coefficient (Wildman–Crippen LogP) is -1.76. The number of nitriles is 2. The van der Waals surface area contributed by atoms with Crippen molar-refractivity contribution in [2.45, 2.75) is 0 Å². The normalized spacial score (nSPS) is 5.43. The minimum absolute atomic E-state index is 0.258. The van der Waals surface area contributed by atoms with Crippen LogP contribution in [-0.4, -0.2) is 14.8 Å². The van der Waals surface area contributed by atoms with Gasteiger partial charge in [0.25, 0.3) is 0 Å². The largest absolute Gasteiger partial charge is 0.378 e. The van der Waals surface area contributed by atoms with E-state index in [9.17, 15) is 0 Å². The van der Waals surface area contributed by atoms with Crippen molar-refractivity contribution in [2.24, 2.45) is 0 Å². The molecular formula is C2H3B2N3. The molecule has 0 atom stereocenters. The predicted molar refractivity (Wildman–Crippen MR) is 28.7 cm³/mol. The molecule has 0 amide bonds. The van der Waals surface area contributed by atoms with Crippen molar-refractivity contribution < 1.29 is 0 Å². The highest BCUT2D eigenvalue weighted by molar-refractivity contribution is 6.59. The van der Waals surface area contributed by atoms with Crippen molar-refractivity contribution >= 4 is 14.8 Å². The van der Waals surface area contributed by atoms with E-state index < -0.39 is 0 Å². The molecule has 0 aliphatic carbocycles. The highest BCUT2D eigenvalue weighted by atomic mass is 14.6. The molecule has 3 nitrogen and oxygen atoms in total. The van der Waals surface area contributed by atoms with Crippen LogP contribution in [0.3, 0.4) is 0 Å². The summed E-state index contributed by atoms with van der Waals surface area (Å²) >= 11 is 0. The summed E-state index contributed by atoms with van der Waals surface area (Å²) in [6, 6.07) is 0. The third-order valence-electron chi connectivity index (χ3n) is 0.408. The fourth-order valence-electron chi connectivity index (χ4n) is 0.174. The third-order valence-corrected chi connectivity index (χ3v) is 0.408. The van der Waals surface area contributed by atoms with Crippen molar-refractivity contribution in [1.82, 2.24) is 5.14 Å². The summed E-state index contributed by atoms with van der Waals surface area (Å²) in [4.78, 5) is 0. The van der Waals surface area contributed by atoms with E-state index in [1.165, 1.54) is 0 Å². The van der Waals surface area contributed by atoms with Gasteiger partial charge in [0, 0.05) is 11.9 Å². The van der Waals surface area contributed by atoms with Gasteiger partial charge in [0.15, 0.2) is 0 Å². The second-order valence-electron chi connectivity index (χ2n) is 0.920. The maximum Gasteiger partial charge on any atom is 0.317 e. The zero-order chi connectivity index (χ0) is 5.54. The monoisotopic (exact) mass is 91.1 g/mol. The molecule has 0 aliphatic heterocycles. The van der Waals surface area contributed by atoms with Gasteiger partial charge in [0.1, 0.15) is 0 Å². The minimum atomic E-state index is 0.258. The highest BCUT2D eigenvalue weighted by Gasteiger charge is 1.83. The maximum atomic E-state index is 7.87. The minimum Gasteiger partial charge on any atom is -0.378 e. The molecule has 0 saturated heterocycles. The average molecular weight is 90.7 g/mol. The lowest BCUT2D eigenvalue weighted by Gasteiger charge is -1.76. The van der Waals surface area contributed by atoms with Gasteiger partial charge >= 0.3 is 14.8 Å². The Kier molecular flexibility index (Phi) is 4.40. The van der Waals surface area contributed by atoms with Gasteiger partial charge in [-0.15, -0.1) is 0 Å². The van der Waals surface area contributed by atoms with E-state index in [4.69, 9.17) is 10.5 Å². The molecule has 0 aromatic heterocycles. The van der Waals surface area contributed by atoms with Crippen molar-refractivity contribution in [3.05, 3.63) is 0 Å². The summed E-state index contributed by atoms with van der Waals surface area (Å²) < 4.78 is 0. The van der Waals surface area contributed by atoms with Gasteiger partial charge in [-0.05, 0) is 0 Å². The zero-order valence-electron chi connectivity index (χ0n) is 3.81. The first-order valence-electron chi connectivity index (χ1n) is 1.86. The molecule has 0 spiro atoms. The average Bonchev–Trinajstić information content (AvgIpc) is 1.69. The van der Waals surface area contributed by atoms with E-state index in [0.717, 1.165) is 0 Å². The fourth-order valence-corrected chi connectivity index (χ4v) is 0.174. The van der Waals surface area contributed by atoms with E-state index in [2.05, 4.69) is 5.14 Å². The molecule has 0 heterocycles. The second-order valence-corrected chi connectivity index (χ2v) is 0.920. The van der Waals surface area contributed by atoms with Crippen molar-refractivity contribution in [3.8, 4) is 11.9 Å². The lowest BCUT2D eigenvalue weighted by atomic mass is 9.85. The zero-order valence-corrected chi connectivity index (χ0v) is 3.81. The number of rotatable bonds is 2. The lowest BCUT2D eigenvalue weighted by molar-refractivity contribution is 1.51. The van der Waals surface area contributed by atoms with Crippen molar-refractivity contribution in [3.63, 3.8) is 0 Å². The van der Waals surface area contributed by atoms with Gasteiger partial charge in [-0.3, -0.25) is 0 Å². The SMILES string of the molecule is N#CBNBC#N. The van der Waals surface area contributed by atoms with Crippen LogP contribution >= 0.6 is 0 Å². The molecule has 5 heteroatoms. The maximum absolute atomic E-state index is 7.87. The van der Waals surface area contributed by atoms with Crippen LogP contribution in [0.4, 0.5) is 0 Å². The Hall–Kier alpha value is -0.930. The quantitative estimate of drug-likeness (QED) is 0.323. The van der Waals surface area contributed by atoms with Gasteiger partial charge in [-0.1, -0.05) is 0 Å². The molecule has 0 unspecified atom stereocenters. The van der Waals surface area contributed by atoms with Gasteiger partial charge < -0.3 is 5.14 Å². The van der Waals surface area contributed by atoms with Gasteiger partial charge in [0.05, 0.1) is 0 Å². The molecular weight excluding hydrogens is 87.7 g/mol. The van der Waals surface area contributed by atoms with Crippen LogP contribution in [-0.2, 0) is 0 Å². The van der Waals surface area contributed by atoms with Crippen LogP contribution in [0.15, 0.2) is 0 Å². The Balaban J connectivity index is 2.77. The molecule has 32 valence electrons. The molecule has 0 saturated carbocycles. The van der Waals surface area contributed by atoms with E-state index in [0.29, 0.717) is 0 Å². The van der Waals surface area contributed by atoms with Crippen molar-refractivity contribution in [1.29, 1.82) is 10.5 Å². The van der Waals surface area contributed by atoms with Crippen LogP contribution < -0.4 is 5.14 Å². The van der Waals surface area contributed by atoms with Crippen LogP contribution in [0, 0.1) is 22.5 Å². The molecule has 0 aromatic carbocycles. The summed E-state index contributed by atoms with van der Waals surface area (Å²) in [5.41, 5.74) is 0. The molecule has 7 heavy (non-hydrogen) atoms. The Morgan fingerprint density at radius 1 is 1.14 bits per heavy atom. The van der Waals surface area contributed by atoms with Gasteiger partial charge in [0.2, 0.25) is 0 Å². The summed E-state index contributed by atoms with van der Waals surface area (Å²) in [6.07, 6.45) is 0. The molecule has 0 rings (SSSR count). The van der Waals surface area contributed by atoms with Crippen LogP contribution in [0.2, 0.25) is 0 Å². The molecule has 0 aliphatic rings. The van der Waals surface area contributed by atoms with E-state index >= 15 is 0 Å². The van der Waals surface area contributed by atoms with E-state index in [1.54, 1.807) is 0 Å². The first-order valence-corrected chi connectivity index (χ1v) is 1.86. The highest BCUT2D eigenvalue weighted by Crippen LogP contribution is 1.42. The van der Waals surface area contributed by atoms with Gasteiger partial charge in [-0.25, -0.2) is 10.5 Å². The first kappa shape index (κ1) is 6.07. The van der Waals surface area contributed by atoms with E-state index in [-0.39, 0.29) is 14.8 Å². The first-order chi connectivity index (χ1) is 3.41. The van der Waals surface area contributed by atoms with E-state index in [1.807, 2.05) is 11.9 Å². The lowest BCUT2D eigenvalue weighted by Crippen LogP contribution is -2.20. The van der Waals surface area contributed by atoms with Crippen LogP contribution in [0.5, 0.6) is 0 Å². The molecule has 0 radical (unpaired) electrons. The Labute approximate surface area is 43.5 Å². The third kappa shape index (κ3) is 5.07. The number of nitrogens with zero attached hydrogens (tertiary/aromatic N) is 2.